The third-order valence-corrected chi connectivity index (χ3v) is 1.04. The lowest BCUT2D eigenvalue weighted by Gasteiger charge is -1.90. The second-order valence-electron chi connectivity index (χ2n) is 1.01. The monoisotopic (exact) mass is 114 g/mol. The highest BCUT2D eigenvalue weighted by Crippen LogP contribution is 1.97. The van der Waals surface area contributed by atoms with Crippen molar-refractivity contribution in [2.45, 2.75) is 12.6 Å². The average Bonchev–Trinajstić information content (AvgIpc) is 1.36. The summed E-state index contributed by atoms with van der Waals surface area (Å²) in [5.41, 5.74) is 0. The van der Waals surface area contributed by atoms with Crippen molar-refractivity contribution in [3.63, 3.8) is 0 Å². The van der Waals surface area contributed by atoms with Crippen LogP contribution in [-0.2, 0) is 0 Å². The number of alkyl halides is 2. The molecule has 0 saturated carbocycles. The molecular weight excluding hydrogens is 109 g/mol. The van der Waals surface area contributed by atoms with Crippen LogP contribution >= 0.6 is 0 Å². The molecule has 6 heavy (non-hydrogen) atoms. The summed E-state index contributed by atoms with van der Waals surface area (Å²) in [6.07, 6.45) is 0. The summed E-state index contributed by atoms with van der Waals surface area (Å²) >= 11 is 0. The Morgan fingerprint density at radius 3 is 1.67 bits per heavy atom. The fourth-order valence-electron chi connectivity index (χ4n) is 0. The van der Waals surface area contributed by atoms with Gasteiger partial charge in [0.05, 0.1) is 0 Å². The molecule has 0 aromatic rings. The number of rotatable bonds is 1. The van der Waals surface area contributed by atoms with Gasteiger partial charge in [0.1, 0.15) is 0 Å². The van der Waals surface area contributed by atoms with Crippen LogP contribution in [0.1, 0.15) is 0 Å². The van der Waals surface area contributed by atoms with Crippen molar-refractivity contribution in [2.75, 3.05) is 0 Å². The van der Waals surface area contributed by atoms with E-state index in [2.05, 4.69) is 0 Å². The molecule has 0 aliphatic rings. The maximum atomic E-state index is 11.2. The van der Waals surface area contributed by atoms with Gasteiger partial charge in [-0.05, 0) is 6.55 Å². The normalized spacial score (nSPS) is 15.5. The average molecular weight is 114 g/mol. The summed E-state index contributed by atoms with van der Waals surface area (Å²) in [4.78, 5) is 0. The second kappa shape index (κ2) is 2.23. The highest BCUT2D eigenvalue weighted by molar-refractivity contribution is 6.50. The van der Waals surface area contributed by atoms with Crippen molar-refractivity contribution >= 4 is 9.13 Å². The predicted octanol–water partition coefficient (Wildman–Crippen LogP) is 1.11. The van der Waals surface area contributed by atoms with Gasteiger partial charge in [-0.3, -0.25) is 0 Å². The molecule has 0 spiro atoms. The van der Waals surface area contributed by atoms with Crippen LogP contribution in [-0.4, -0.2) is 15.2 Å². The Morgan fingerprint density at radius 2 is 1.67 bits per heavy atom. The van der Waals surface area contributed by atoms with E-state index in [4.69, 9.17) is 0 Å². The van der Waals surface area contributed by atoms with Crippen LogP contribution in [0.15, 0.2) is 0 Å². The van der Waals surface area contributed by atoms with E-state index in [0.29, 0.717) is 0 Å². The maximum Gasteiger partial charge on any atom is 0.302 e. The Hall–Kier alpha value is 0.00688. The Kier molecular flexibility index (Phi) is 2.23. The van der Waals surface area contributed by atoms with E-state index in [1.165, 1.54) is 0 Å². The van der Waals surface area contributed by atoms with Crippen LogP contribution in [0.25, 0.3) is 0 Å². The second-order valence-corrected chi connectivity index (χ2v) is 2.87. The van der Waals surface area contributed by atoms with Crippen LogP contribution in [0.2, 0.25) is 6.55 Å². The van der Waals surface area contributed by atoms with Crippen LogP contribution in [0.3, 0.4) is 0 Å². The molecule has 0 heterocycles. The van der Waals surface area contributed by atoms with Gasteiger partial charge in [-0.25, -0.2) is 8.78 Å². The van der Waals surface area contributed by atoms with E-state index >= 15 is 0 Å². The Bertz CT molecular complexity index is 29.8. The van der Waals surface area contributed by atoms with Crippen molar-refractivity contribution in [3.05, 3.63) is 0 Å². The summed E-state index contributed by atoms with van der Waals surface area (Å²) in [6, 6.07) is -2.68. The van der Waals surface area contributed by atoms with E-state index in [9.17, 15) is 12.9 Å². The van der Waals surface area contributed by atoms with Crippen molar-refractivity contribution < 1.29 is 12.9 Å². The minimum absolute atomic E-state index is 0.963. The Labute approximate surface area is 35.8 Å². The molecule has 0 N–H and O–H groups in total. The molecule has 0 nitrogen and oxygen atoms in total. The molecule has 0 aliphatic carbocycles. The molecule has 4 heteroatoms. The minimum Gasteiger partial charge on any atom is -0.312 e. The lowest BCUT2D eigenvalue weighted by Crippen LogP contribution is -2.11. The van der Waals surface area contributed by atoms with Gasteiger partial charge in [-0.15, -0.1) is 0 Å². The van der Waals surface area contributed by atoms with Gasteiger partial charge >= 0.3 is 9.13 Å². The summed E-state index contributed by atoms with van der Waals surface area (Å²) in [7, 11) is -3.08. The molecule has 1 unspecified atom stereocenters. The van der Waals surface area contributed by atoms with Crippen molar-refractivity contribution in [1.29, 1.82) is 0 Å². The van der Waals surface area contributed by atoms with Gasteiger partial charge in [0.15, 0.2) is 0 Å². The summed E-state index contributed by atoms with van der Waals surface area (Å²) in [5, 5.41) is 0. The maximum absolute atomic E-state index is 11.2. The third kappa shape index (κ3) is 2.26. The van der Waals surface area contributed by atoms with Crippen LogP contribution in [0.4, 0.5) is 12.9 Å². The fraction of sp³-hybridized carbons (Fsp3) is 1.00. The smallest absolute Gasteiger partial charge is 0.302 e. The number of hydrogen-bond acceptors (Lipinski definition) is 0. The molecular formula is C2H5F3Si. The highest BCUT2D eigenvalue weighted by atomic mass is 28.3. The molecule has 0 amide bonds. The van der Waals surface area contributed by atoms with E-state index in [1.54, 1.807) is 0 Å². The van der Waals surface area contributed by atoms with Crippen molar-refractivity contribution in [2.24, 2.45) is 0 Å². The SMILES string of the molecule is C[SiH](F)C(F)F. The van der Waals surface area contributed by atoms with Gasteiger partial charge in [0.2, 0.25) is 0 Å². The first-order valence-electron chi connectivity index (χ1n) is 1.57. The summed E-state index contributed by atoms with van der Waals surface area (Å²) in [6.45, 7) is 0.963. The van der Waals surface area contributed by atoms with Gasteiger partial charge in [0, 0.05) is 0 Å². The van der Waals surface area contributed by atoms with Gasteiger partial charge in [0.25, 0.3) is 6.05 Å². The Balaban J connectivity index is 2.99. The van der Waals surface area contributed by atoms with Crippen LogP contribution in [0, 0.1) is 0 Å². The molecule has 0 aromatic heterocycles. The third-order valence-electron chi connectivity index (χ3n) is 0.347. The largest absolute Gasteiger partial charge is 0.312 e. The first-order valence-corrected chi connectivity index (χ1v) is 3.82. The zero-order valence-electron chi connectivity index (χ0n) is 3.29. The molecule has 0 radical (unpaired) electrons. The van der Waals surface area contributed by atoms with E-state index in [0.717, 1.165) is 6.55 Å². The van der Waals surface area contributed by atoms with E-state index < -0.39 is 15.2 Å². The van der Waals surface area contributed by atoms with E-state index in [1.807, 2.05) is 0 Å². The molecule has 0 fully saturated rings. The van der Waals surface area contributed by atoms with Gasteiger partial charge in [-0.2, -0.15) is 0 Å². The molecule has 1 atom stereocenters. The fourth-order valence-corrected chi connectivity index (χ4v) is 0. The molecule has 0 aliphatic heterocycles. The molecule has 0 bridgehead atoms. The first-order chi connectivity index (χ1) is 2.64. The Morgan fingerprint density at radius 1 is 1.50 bits per heavy atom. The van der Waals surface area contributed by atoms with Gasteiger partial charge < -0.3 is 4.11 Å². The standard InChI is InChI=1S/C2H5F3Si/c1-6(5)2(3)4/h2,6H,1H3. The topological polar surface area (TPSA) is 0 Å². The number of hydrogen-bond donors (Lipinski definition) is 0. The summed E-state index contributed by atoms with van der Waals surface area (Å²) < 4.78 is 32.9. The van der Waals surface area contributed by atoms with Crippen molar-refractivity contribution in [3.8, 4) is 0 Å². The molecule has 0 rings (SSSR count). The lowest BCUT2D eigenvalue weighted by molar-refractivity contribution is 0.223. The molecule has 0 saturated heterocycles. The molecule has 38 valence electrons. The highest BCUT2D eigenvalue weighted by Gasteiger charge is 2.14. The predicted molar refractivity (Wildman–Crippen MR) is 20.1 cm³/mol. The minimum atomic E-state index is -3.08. The van der Waals surface area contributed by atoms with Crippen LogP contribution in [0.5, 0.6) is 0 Å². The quantitative estimate of drug-likeness (QED) is 0.354. The zero-order chi connectivity index (χ0) is 5.15. The molecule has 0 aromatic carbocycles. The number of halogens is 3. The first kappa shape index (κ1) is 6.01. The lowest BCUT2D eigenvalue weighted by atomic mass is 11.7. The van der Waals surface area contributed by atoms with Crippen LogP contribution < -0.4 is 0 Å². The van der Waals surface area contributed by atoms with Gasteiger partial charge in [-0.1, -0.05) is 0 Å². The zero-order valence-corrected chi connectivity index (χ0v) is 4.44. The van der Waals surface area contributed by atoms with Crippen molar-refractivity contribution in [1.82, 2.24) is 0 Å². The summed E-state index contributed by atoms with van der Waals surface area (Å²) in [5.74, 6) is 0. The van der Waals surface area contributed by atoms with E-state index in [-0.39, 0.29) is 0 Å².